The Balaban J connectivity index is 1.53. The Morgan fingerprint density at radius 3 is 2.05 bits per heavy atom. The van der Waals surface area contributed by atoms with Crippen LogP contribution >= 0.6 is 15.9 Å². The molecule has 1 aliphatic heterocycles. The Morgan fingerprint density at radius 1 is 0.850 bits per heavy atom. The second kappa shape index (κ2) is 9.60. The van der Waals surface area contributed by atoms with E-state index in [0.29, 0.717) is 0 Å². The van der Waals surface area contributed by atoms with Crippen LogP contribution in [0.3, 0.4) is 0 Å². The van der Waals surface area contributed by atoms with E-state index in [2.05, 4.69) is 15.9 Å². The molecule has 117 valence electrons. The van der Waals surface area contributed by atoms with E-state index in [9.17, 15) is 4.39 Å². The standard InChI is InChI=1S/C17H31BrFSi/c18-17-7-5-15(6-8-17)3-4-16-9-13-20(14-10-16)12-2-1-11-19/h15-17H,1-14H2. The summed E-state index contributed by atoms with van der Waals surface area (Å²) in [6.07, 6.45) is 13.7. The zero-order valence-corrected chi connectivity index (χ0v) is 15.5. The second-order valence-electron chi connectivity index (χ2n) is 7.03. The summed E-state index contributed by atoms with van der Waals surface area (Å²) in [5, 5.41) is 0. The van der Waals surface area contributed by atoms with Gasteiger partial charge in [-0.05, 0) is 43.9 Å². The Kier molecular flexibility index (Phi) is 8.16. The van der Waals surface area contributed by atoms with E-state index in [1.807, 2.05) is 0 Å². The minimum Gasteiger partial charge on any atom is -0.251 e. The predicted molar refractivity (Wildman–Crippen MR) is 92.0 cm³/mol. The van der Waals surface area contributed by atoms with Gasteiger partial charge in [0.05, 0.1) is 6.67 Å². The number of hydrogen-bond donors (Lipinski definition) is 0. The Morgan fingerprint density at radius 2 is 1.45 bits per heavy atom. The molecule has 0 unspecified atom stereocenters. The van der Waals surface area contributed by atoms with Crippen LogP contribution in [-0.4, -0.2) is 20.3 Å². The molecule has 0 aromatic rings. The van der Waals surface area contributed by atoms with E-state index in [-0.39, 0.29) is 15.5 Å². The fraction of sp³-hybridized carbons (Fsp3) is 1.00. The third-order valence-electron chi connectivity index (χ3n) is 5.49. The highest BCUT2D eigenvalue weighted by Crippen LogP contribution is 2.36. The van der Waals surface area contributed by atoms with Crippen molar-refractivity contribution in [3.63, 3.8) is 0 Å². The van der Waals surface area contributed by atoms with Gasteiger partial charge in [0.2, 0.25) is 0 Å². The molecule has 20 heavy (non-hydrogen) atoms. The minimum absolute atomic E-state index is 0.0753. The van der Waals surface area contributed by atoms with Crippen molar-refractivity contribution in [1.82, 2.24) is 0 Å². The molecule has 1 heterocycles. The van der Waals surface area contributed by atoms with Crippen molar-refractivity contribution in [2.45, 2.75) is 87.2 Å². The van der Waals surface area contributed by atoms with Crippen LogP contribution in [0.5, 0.6) is 0 Å². The van der Waals surface area contributed by atoms with Gasteiger partial charge in [-0.1, -0.05) is 66.2 Å². The molecule has 2 fully saturated rings. The van der Waals surface area contributed by atoms with Crippen molar-refractivity contribution in [2.75, 3.05) is 6.67 Å². The largest absolute Gasteiger partial charge is 0.251 e. The maximum atomic E-state index is 12.1. The van der Waals surface area contributed by atoms with Crippen molar-refractivity contribution in [3.05, 3.63) is 0 Å². The molecule has 2 rings (SSSR count). The van der Waals surface area contributed by atoms with Gasteiger partial charge in [-0.3, -0.25) is 4.39 Å². The first-order chi connectivity index (χ1) is 9.78. The van der Waals surface area contributed by atoms with Crippen LogP contribution in [0.2, 0.25) is 18.1 Å². The molecule has 3 heteroatoms. The van der Waals surface area contributed by atoms with Gasteiger partial charge in [0.25, 0.3) is 0 Å². The first-order valence-electron chi connectivity index (χ1n) is 8.81. The first kappa shape index (κ1) is 17.0. The SMILES string of the molecule is FCCCC[Si]1CCC(CCC2CCC(Br)CC2)CC1. The van der Waals surface area contributed by atoms with Gasteiger partial charge in [0.1, 0.15) is 0 Å². The van der Waals surface area contributed by atoms with Gasteiger partial charge in [-0.2, -0.15) is 0 Å². The van der Waals surface area contributed by atoms with E-state index in [1.54, 1.807) is 0 Å². The van der Waals surface area contributed by atoms with E-state index < -0.39 is 0 Å². The van der Waals surface area contributed by atoms with Gasteiger partial charge in [-0.25, -0.2) is 0 Å². The number of alkyl halides is 2. The molecule has 0 aromatic carbocycles. The van der Waals surface area contributed by atoms with Crippen LogP contribution in [-0.2, 0) is 0 Å². The lowest BCUT2D eigenvalue weighted by atomic mass is 9.83. The van der Waals surface area contributed by atoms with Gasteiger partial charge < -0.3 is 0 Å². The number of unbranched alkanes of at least 4 members (excludes halogenated alkanes) is 1. The average molecular weight is 362 g/mol. The van der Waals surface area contributed by atoms with Crippen LogP contribution in [0.4, 0.5) is 4.39 Å². The lowest BCUT2D eigenvalue weighted by molar-refractivity contribution is 0.304. The second-order valence-corrected chi connectivity index (χ2v) is 11.3. The van der Waals surface area contributed by atoms with Crippen molar-refractivity contribution in [1.29, 1.82) is 0 Å². The molecule has 0 bridgehead atoms. The van der Waals surface area contributed by atoms with Crippen molar-refractivity contribution >= 4 is 24.7 Å². The summed E-state index contributed by atoms with van der Waals surface area (Å²) in [6.45, 7) is -0.103. The van der Waals surface area contributed by atoms with Crippen molar-refractivity contribution in [3.8, 4) is 0 Å². The fourth-order valence-corrected chi connectivity index (χ4v) is 7.64. The first-order valence-corrected chi connectivity index (χ1v) is 11.8. The quantitative estimate of drug-likeness (QED) is 0.280. The molecule has 0 nitrogen and oxygen atoms in total. The van der Waals surface area contributed by atoms with Gasteiger partial charge in [0, 0.05) is 13.6 Å². The molecule has 0 N–H and O–H groups in total. The number of halogens is 2. The van der Waals surface area contributed by atoms with Crippen LogP contribution in [0.1, 0.15) is 64.2 Å². The summed E-state index contributed by atoms with van der Waals surface area (Å²) < 4.78 is 12.1. The Bertz CT molecular complexity index is 245. The third kappa shape index (κ3) is 6.17. The van der Waals surface area contributed by atoms with Crippen molar-refractivity contribution < 1.29 is 4.39 Å². The monoisotopic (exact) mass is 361 g/mol. The molecule has 0 amide bonds. The van der Waals surface area contributed by atoms with Gasteiger partial charge in [-0.15, -0.1) is 0 Å². The Hall–Kier alpha value is 0.627. The lowest BCUT2D eigenvalue weighted by Crippen LogP contribution is -2.22. The van der Waals surface area contributed by atoms with Crippen LogP contribution in [0.25, 0.3) is 0 Å². The van der Waals surface area contributed by atoms with Gasteiger partial charge in [0.15, 0.2) is 0 Å². The average Bonchev–Trinajstić information content (AvgIpc) is 2.48. The molecule has 1 radical (unpaired) electrons. The summed E-state index contributed by atoms with van der Waals surface area (Å²) in [5.41, 5.74) is 0. The zero-order chi connectivity index (χ0) is 14.2. The van der Waals surface area contributed by atoms with Crippen LogP contribution < -0.4 is 0 Å². The van der Waals surface area contributed by atoms with E-state index in [0.717, 1.165) is 29.5 Å². The molecule has 0 atom stereocenters. The number of hydrogen-bond acceptors (Lipinski definition) is 0. The summed E-state index contributed by atoms with van der Waals surface area (Å²) in [7, 11) is -0.0753. The molecule has 1 aliphatic carbocycles. The molecule has 1 saturated carbocycles. The Labute approximate surface area is 135 Å². The molecule has 2 aliphatic rings. The normalized spacial score (nSPS) is 29.7. The highest BCUT2D eigenvalue weighted by atomic mass is 79.9. The summed E-state index contributed by atoms with van der Waals surface area (Å²) in [5.74, 6) is 2.06. The minimum atomic E-state index is -0.103. The maximum absolute atomic E-state index is 12.1. The highest BCUT2D eigenvalue weighted by molar-refractivity contribution is 9.09. The fourth-order valence-electron chi connectivity index (χ4n) is 3.98. The van der Waals surface area contributed by atoms with E-state index in [1.165, 1.54) is 69.5 Å². The molecular formula is C17H31BrFSi. The number of rotatable bonds is 7. The van der Waals surface area contributed by atoms with Crippen LogP contribution in [0, 0.1) is 11.8 Å². The lowest BCUT2D eigenvalue weighted by Gasteiger charge is -2.30. The molecular weight excluding hydrogens is 331 g/mol. The molecule has 0 spiro atoms. The van der Waals surface area contributed by atoms with Crippen LogP contribution in [0.15, 0.2) is 0 Å². The summed E-state index contributed by atoms with van der Waals surface area (Å²) >= 11 is 3.76. The maximum Gasteiger partial charge on any atom is 0.0894 e. The molecule has 1 saturated heterocycles. The van der Waals surface area contributed by atoms with E-state index in [4.69, 9.17) is 0 Å². The van der Waals surface area contributed by atoms with Gasteiger partial charge >= 0.3 is 0 Å². The highest BCUT2D eigenvalue weighted by Gasteiger charge is 2.24. The third-order valence-corrected chi connectivity index (χ3v) is 9.45. The summed E-state index contributed by atoms with van der Waals surface area (Å²) in [4.78, 5) is 0.808. The van der Waals surface area contributed by atoms with Crippen molar-refractivity contribution in [2.24, 2.45) is 11.8 Å². The molecule has 0 aromatic heterocycles. The summed E-state index contributed by atoms with van der Waals surface area (Å²) in [6, 6.07) is 4.43. The smallest absolute Gasteiger partial charge is 0.0894 e. The zero-order valence-electron chi connectivity index (χ0n) is 12.9. The van der Waals surface area contributed by atoms with E-state index >= 15 is 0 Å². The predicted octanol–water partition coefficient (Wildman–Crippen LogP) is 6.37. The topological polar surface area (TPSA) is 0 Å².